The minimum Gasteiger partial charge on any atom is -0.350 e. The third kappa shape index (κ3) is 2.62. The Kier molecular flexibility index (Phi) is 3.96. The highest BCUT2D eigenvalue weighted by atomic mass is 32.1. The lowest BCUT2D eigenvalue weighted by Crippen LogP contribution is -2.39. The van der Waals surface area contributed by atoms with Crippen LogP contribution in [0.3, 0.4) is 0 Å². The fourth-order valence-corrected chi connectivity index (χ4v) is 2.88. The first kappa shape index (κ1) is 11.6. The van der Waals surface area contributed by atoms with Crippen molar-refractivity contribution in [2.45, 2.75) is 25.8 Å². The average molecular weight is 238 g/mol. The molecular weight excluding hydrogens is 220 g/mol. The monoisotopic (exact) mass is 238 g/mol. The number of hydrogen-bond acceptors (Lipinski definition) is 3. The van der Waals surface area contributed by atoms with E-state index in [0.29, 0.717) is 6.04 Å². The Labute approximate surface area is 100 Å². The highest BCUT2D eigenvalue weighted by Crippen LogP contribution is 2.15. The molecule has 2 rings (SSSR count). The molecule has 4 heteroatoms. The van der Waals surface area contributed by atoms with Crippen LogP contribution < -0.4 is 5.32 Å². The molecule has 1 unspecified atom stereocenters. The third-order valence-corrected chi connectivity index (χ3v) is 3.87. The molecule has 1 amide bonds. The molecule has 1 aromatic heterocycles. The van der Waals surface area contributed by atoms with E-state index in [-0.39, 0.29) is 5.91 Å². The summed E-state index contributed by atoms with van der Waals surface area (Å²) in [6, 6.07) is 2.40. The quantitative estimate of drug-likeness (QED) is 0.869. The van der Waals surface area contributed by atoms with Crippen LogP contribution in [0.1, 0.15) is 30.1 Å². The van der Waals surface area contributed by atoms with Gasteiger partial charge in [-0.05, 0) is 37.4 Å². The smallest absolute Gasteiger partial charge is 0.252 e. The van der Waals surface area contributed by atoms with Gasteiger partial charge in [0.25, 0.3) is 5.91 Å². The number of nitrogens with zero attached hydrogens (tertiary/aromatic N) is 1. The summed E-state index contributed by atoms with van der Waals surface area (Å²) in [4.78, 5) is 14.2. The standard InChI is InChI=1S/C12H18N2OS/c1-2-14-6-3-4-11(14)8-13-12(15)10-5-7-16-9-10/h5,7,9,11H,2-4,6,8H2,1H3,(H,13,15). The summed E-state index contributed by atoms with van der Waals surface area (Å²) >= 11 is 1.56. The second kappa shape index (κ2) is 5.46. The Morgan fingerprint density at radius 2 is 2.56 bits per heavy atom. The molecule has 1 N–H and O–H groups in total. The van der Waals surface area contributed by atoms with E-state index >= 15 is 0 Å². The molecule has 1 fully saturated rings. The average Bonchev–Trinajstić information content (AvgIpc) is 2.96. The Hall–Kier alpha value is -0.870. The summed E-state index contributed by atoms with van der Waals surface area (Å²) in [5.74, 6) is 0.0594. The molecule has 1 aliphatic heterocycles. The van der Waals surface area contributed by atoms with Crippen LogP contribution in [0.25, 0.3) is 0 Å². The summed E-state index contributed by atoms with van der Waals surface area (Å²) in [6.07, 6.45) is 2.46. The molecule has 0 aliphatic carbocycles. The van der Waals surface area contributed by atoms with Crippen molar-refractivity contribution in [2.24, 2.45) is 0 Å². The highest BCUT2D eigenvalue weighted by molar-refractivity contribution is 7.08. The van der Waals surface area contributed by atoms with Gasteiger partial charge in [-0.3, -0.25) is 9.69 Å². The lowest BCUT2D eigenvalue weighted by Gasteiger charge is -2.22. The summed E-state index contributed by atoms with van der Waals surface area (Å²) in [5.41, 5.74) is 0.783. The fraction of sp³-hybridized carbons (Fsp3) is 0.583. The number of carbonyl (C=O) groups excluding carboxylic acids is 1. The van der Waals surface area contributed by atoms with Crippen LogP contribution >= 0.6 is 11.3 Å². The topological polar surface area (TPSA) is 32.3 Å². The van der Waals surface area contributed by atoms with Crippen molar-refractivity contribution in [1.82, 2.24) is 10.2 Å². The number of nitrogens with one attached hydrogen (secondary N) is 1. The zero-order valence-electron chi connectivity index (χ0n) is 9.61. The maximum absolute atomic E-state index is 11.7. The highest BCUT2D eigenvalue weighted by Gasteiger charge is 2.23. The number of amides is 1. The maximum Gasteiger partial charge on any atom is 0.252 e. The van der Waals surface area contributed by atoms with Gasteiger partial charge in [0.1, 0.15) is 0 Å². The lowest BCUT2D eigenvalue weighted by molar-refractivity contribution is 0.0942. The van der Waals surface area contributed by atoms with Crippen LogP contribution in [0.15, 0.2) is 16.8 Å². The molecule has 1 atom stereocenters. The Morgan fingerprint density at radius 1 is 1.69 bits per heavy atom. The largest absolute Gasteiger partial charge is 0.350 e. The Balaban J connectivity index is 1.81. The van der Waals surface area contributed by atoms with Crippen molar-refractivity contribution >= 4 is 17.2 Å². The van der Waals surface area contributed by atoms with Gasteiger partial charge in [-0.2, -0.15) is 11.3 Å². The molecule has 0 radical (unpaired) electrons. The molecule has 0 bridgehead atoms. The molecule has 3 nitrogen and oxygen atoms in total. The SMILES string of the molecule is CCN1CCCC1CNC(=O)c1ccsc1. The van der Waals surface area contributed by atoms with Gasteiger partial charge in [0, 0.05) is 23.5 Å². The summed E-state index contributed by atoms with van der Waals surface area (Å²) in [6.45, 7) is 5.22. The number of likely N-dealkylation sites (tertiary alicyclic amines) is 1. The van der Waals surface area contributed by atoms with Crippen LogP contribution in [0.2, 0.25) is 0 Å². The van der Waals surface area contributed by atoms with Gasteiger partial charge >= 0.3 is 0 Å². The Morgan fingerprint density at radius 3 is 3.25 bits per heavy atom. The fourth-order valence-electron chi connectivity index (χ4n) is 2.25. The predicted octanol–water partition coefficient (Wildman–Crippen LogP) is 1.96. The van der Waals surface area contributed by atoms with E-state index in [1.54, 1.807) is 11.3 Å². The first-order valence-corrected chi connectivity index (χ1v) is 6.80. The minimum absolute atomic E-state index is 0.0594. The zero-order chi connectivity index (χ0) is 11.4. The van der Waals surface area contributed by atoms with Crippen molar-refractivity contribution in [2.75, 3.05) is 19.6 Å². The molecule has 0 saturated carbocycles. The number of rotatable bonds is 4. The number of carbonyl (C=O) groups is 1. The van der Waals surface area contributed by atoms with Gasteiger partial charge in [-0.1, -0.05) is 6.92 Å². The van der Waals surface area contributed by atoms with E-state index in [1.165, 1.54) is 19.4 Å². The van der Waals surface area contributed by atoms with E-state index in [4.69, 9.17) is 0 Å². The molecule has 1 aromatic rings. The van der Waals surface area contributed by atoms with E-state index in [9.17, 15) is 4.79 Å². The summed E-state index contributed by atoms with van der Waals surface area (Å²) in [5, 5.41) is 6.84. The van der Waals surface area contributed by atoms with Crippen LogP contribution in [-0.2, 0) is 0 Å². The number of hydrogen-bond donors (Lipinski definition) is 1. The predicted molar refractivity (Wildman–Crippen MR) is 66.9 cm³/mol. The van der Waals surface area contributed by atoms with Crippen molar-refractivity contribution in [3.05, 3.63) is 22.4 Å². The van der Waals surface area contributed by atoms with Crippen molar-refractivity contribution in [1.29, 1.82) is 0 Å². The first-order valence-electron chi connectivity index (χ1n) is 5.85. The van der Waals surface area contributed by atoms with Crippen molar-refractivity contribution < 1.29 is 4.79 Å². The van der Waals surface area contributed by atoms with Crippen LogP contribution in [0, 0.1) is 0 Å². The van der Waals surface area contributed by atoms with Crippen molar-refractivity contribution in [3.63, 3.8) is 0 Å². The number of likely N-dealkylation sites (N-methyl/N-ethyl adjacent to an activating group) is 1. The molecule has 0 spiro atoms. The summed E-state index contributed by atoms with van der Waals surface area (Å²) in [7, 11) is 0. The minimum atomic E-state index is 0.0594. The van der Waals surface area contributed by atoms with Gasteiger partial charge in [-0.25, -0.2) is 0 Å². The van der Waals surface area contributed by atoms with Gasteiger partial charge in [0.2, 0.25) is 0 Å². The van der Waals surface area contributed by atoms with Crippen LogP contribution in [0.5, 0.6) is 0 Å². The third-order valence-electron chi connectivity index (χ3n) is 3.19. The second-order valence-corrected chi connectivity index (χ2v) is 4.93. The normalized spacial score (nSPS) is 21.2. The number of thiophene rings is 1. The van der Waals surface area contributed by atoms with Gasteiger partial charge in [0.05, 0.1) is 0 Å². The first-order chi connectivity index (χ1) is 7.81. The van der Waals surface area contributed by atoms with Crippen LogP contribution in [0.4, 0.5) is 0 Å². The van der Waals surface area contributed by atoms with E-state index < -0.39 is 0 Å². The second-order valence-electron chi connectivity index (χ2n) is 4.15. The van der Waals surface area contributed by atoms with E-state index in [1.807, 2.05) is 16.8 Å². The Bertz CT molecular complexity index is 337. The molecule has 1 saturated heterocycles. The van der Waals surface area contributed by atoms with Gasteiger partial charge in [0.15, 0.2) is 0 Å². The van der Waals surface area contributed by atoms with Crippen LogP contribution in [-0.4, -0.2) is 36.5 Å². The van der Waals surface area contributed by atoms with Gasteiger partial charge in [-0.15, -0.1) is 0 Å². The van der Waals surface area contributed by atoms with Gasteiger partial charge < -0.3 is 5.32 Å². The molecule has 88 valence electrons. The molecule has 16 heavy (non-hydrogen) atoms. The zero-order valence-corrected chi connectivity index (χ0v) is 10.4. The molecule has 1 aliphatic rings. The molecule has 0 aromatic carbocycles. The molecule has 2 heterocycles. The van der Waals surface area contributed by atoms with Crippen molar-refractivity contribution in [3.8, 4) is 0 Å². The summed E-state index contributed by atoms with van der Waals surface area (Å²) < 4.78 is 0. The van der Waals surface area contributed by atoms with E-state index in [0.717, 1.165) is 18.7 Å². The molecular formula is C12H18N2OS. The maximum atomic E-state index is 11.7. The van der Waals surface area contributed by atoms with E-state index in [2.05, 4.69) is 17.1 Å². The lowest BCUT2D eigenvalue weighted by atomic mass is 10.2.